The van der Waals surface area contributed by atoms with Crippen molar-refractivity contribution < 1.29 is 8.42 Å². The Bertz CT molecular complexity index is 713. The van der Waals surface area contributed by atoms with Gasteiger partial charge in [-0.15, -0.1) is 0 Å². The van der Waals surface area contributed by atoms with E-state index in [-0.39, 0.29) is 11.1 Å². The summed E-state index contributed by atoms with van der Waals surface area (Å²) < 4.78 is 27.4. The van der Waals surface area contributed by atoms with E-state index in [1.807, 2.05) is 19.9 Å². The van der Waals surface area contributed by atoms with Gasteiger partial charge >= 0.3 is 0 Å². The van der Waals surface area contributed by atoms with Crippen molar-refractivity contribution in [3.8, 4) is 0 Å². The molecule has 0 bridgehead atoms. The maximum Gasteiger partial charge on any atom is 0.258 e. The van der Waals surface area contributed by atoms with Gasteiger partial charge in [-0.3, -0.25) is 0 Å². The van der Waals surface area contributed by atoms with E-state index in [0.717, 1.165) is 5.56 Å². The van der Waals surface area contributed by atoms with Crippen LogP contribution in [0.15, 0.2) is 35.5 Å². The van der Waals surface area contributed by atoms with Crippen molar-refractivity contribution in [3.63, 3.8) is 0 Å². The largest absolute Gasteiger partial charge is 0.332 e. The predicted molar refractivity (Wildman–Crippen MR) is 82.8 cm³/mol. The van der Waals surface area contributed by atoms with Crippen LogP contribution in [0.5, 0.6) is 0 Å². The number of nitrogens with zero attached hydrogens (tertiary/aromatic N) is 1. The molecule has 0 spiro atoms. The Labute approximate surface area is 129 Å². The van der Waals surface area contributed by atoms with Crippen LogP contribution in [-0.4, -0.2) is 18.4 Å². The van der Waals surface area contributed by atoms with E-state index in [1.54, 1.807) is 18.2 Å². The Balaban J connectivity index is 2.25. The van der Waals surface area contributed by atoms with Gasteiger partial charge in [0, 0.05) is 17.5 Å². The fourth-order valence-electron chi connectivity index (χ4n) is 2.02. The molecule has 2 N–H and O–H groups in total. The fraction of sp³-hybridized carbons (Fsp3) is 0.357. The number of sulfonamides is 1. The maximum atomic E-state index is 12.4. The van der Waals surface area contributed by atoms with Crippen molar-refractivity contribution in [2.45, 2.75) is 37.8 Å². The van der Waals surface area contributed by atoms with Crippen LogP contribution in [0, 0.1) is 0 Å². The molecule has 1 atom stereocenters. The minimum atomic E-state index is -3.63. The molecule has 0 fully saturated rings. The van der Waals surface area contributed by atoms with Crippen molar-refractivity contribution in [2.24, 2.45) is 0 Å². The third kappa shape index (κ3) is 3.84. The van der Waals surface area contributed by atoms with Gasteiger partial charge in [0.15, 0.2) is 5.03 Å². The third-order valence-corrected chi connectivity index (χ3v) is 4.80. The molecule has 1 aromatic carbocycles. The summed E-state index contributed by atoms with van der Waals surface area (Å²) in [6, 6.07) is 6.85. The number of imidazole rings is 1. The average Bonchev–Trinajstić information content (AvgIpc) is 2.94. The minimum Gasteiger partial charge on any atom is -0.332 e. The molecular formula is C14H18ClN3O2S. The molecule has 1 heterocycles. The van der Waals surface area contributed by atoms with Crippen LogP contribution >= 0.6 is 11.6 Å². The molecule has 1 unspecified atom stereocenters. The molecule has 2 aromatic rings. The van der Waals surface area contributed by atoms with Crippen molar-refractivity contribution >= 4 is 21.6 Å². The summed E-state index contributed by atoms with van der Waals surface area (Å²) in [7, 11) is -3.63. The highest BCUT2D eigenvalue weighted by molar-refractivity contribution is 7.89. The summed E-state index contributed by atoms with van der Waals surface area (Å²) in [5.41, 5.74) is 0.837. The van der Waals surface area contributed by atoms with Gasteiger partial charge in [0.2, 0.25) is 0 Å². The number of hydrogen-bond donors (Lipinski definition) is 2. The van der Waals surface area contributed by atoms with Crippen LogP contribution in [-0.2, 0) is 16.4 Å². The predicted octanol–water partition coefficient (Wildman–Crippen LogP) is 3.06. The number of aryl methyl sites for hydroxylation is 1. The molecule has 21 heavy (non-hydrogen) atoms. The van der Waals surface area contributed by atoms with E-state index >= 15 is 0 Å². The van der Waals surface area contributed by atoms with Crippen LogP contribution in [0.25, 0.3) is 0 Å². The smallest absolute Gasteiger partial charge is 0.258 e. The van der Waals surface area contributed by atoms with Crippen LogP contribution in [0.1, 0.15) is 37.7 Å². The molecule has 7 heteroatoms. The number of rotatable bonds is 6. The first kappa shape index (κ1) is 16.0. The SMILES string of the molecule is CCc1ncc(S(=O)(=O)NC(CC)c2cccc(Cl)c2)[nH]1. The molecule has 1 aromatic heterocycles. The van der Waals surface area contributed by atoms with Crippen LogP contribution in [0.2, 0.25) is 5.02 Å². The molecule has 2 rings (SSSR count). The van der Waals surface area contributed by atoms with E-state index in [2.05, 4.69) is 14.7 Å². The highest BCUT2D eigenvalue weighted by Crippen LogP contribution is 2.22. The highest BCUT2D eigenvalue weighted by atomic mass is 35.5. The Morgan fingerprint density at radius 3 is 2.71 bits per heavy atom. The van der Waals surface area contributed by atoms with E-state index in [4.69, 9.17) is 11.6 Å². The Kier molecular flexibility index (Phi) is 5.03. The zero-order valence-corrected chi connectivity index (χ0v) is 13.5. The van der Waals surface area contributed by atoms with Crippen LogP contribution in [0.3, 0.4) is 0 Å². The van der Waals surface area contributed by atoms with Gasteiger partial charge in [0.25, 0.3) is 10.0 Å². The molecule has 0 radical (unpaired) electrons. The fourth-order valence-corrected chi connectivity index (χ4v) is 3.47. The summed E-state index contributed by atoms with van der Waals surface area (Å²) in [6.07, 6.45) is 2.61. The van der Waals surface area contributed by atoms with E-state index in [9.17, 15) is 8.42 Å². The van der Waals surface area contributed by atoms with Gasteiger partial charge < -0.3 is 4.98 Å². The minimum absolute atomic E-state index is 0.0832. The Hall–Kier alpha value is -1.37. The van der Waals surface area contributed by atoms with Gasteiger partial charge in [-0.1, -0.05) is 37.6 Å². The zero-order chi connectivity index (χ0) is 15.5. The van der Waals surface area contributed by atoms with Crippen LogP contribution < -0.4 is 4.72 Å². The number of halogens is 1. The van der Waals surface area contributed by atoms with Crippen molar-refractivity contribution in [1.82, 2.24) is 14.7 Å². The van der Waals surface area contributed by atoms with Gasteiger partial charge in [-0.2, -0.15) is 0 Å². The van der Waals surface area contributed by atoms with Crippen molar-refractivity contribution in [3.05, 3.63) is 46.9 Å². The standard InChI is InChI=1S/C14H18ClN3O2S/c1-3-12(10-6-5-7-11(15)8-10)18-21(19,20)14-9-16-13(4-2)17-14/h5-9,12,18H,3-4H2,1-2H3,(H,16,17). The first-order valence-corrected chi connectivity index (χ1v) is 8.64. The molecular weight excluding hydrogens is 310 g/mol. The van der Waals surface area contributed by atoms with Gasteiger partial charge in [-0.05, 0) is 24.1 Å². The Morgan fingerprint density at radius 2 is 2.14 bits per heavy atom. The first-order chi connectivity index (χ1) is 9.96. The molecule has 0 aliphatic heterocycles. The first-order valence-electron chi connectivity index (χ1n) is 6.78. The molecule has 0 saturated carbocycles. The Morgan fingerprint density at radius 1 is 1.38 bits per heavy atom. The zero-order valence-electron chi connectivity index (χ0n) is 11.9. The van der Waals surface area contributed by atoms with Gasteiger partial charge in [0.05, 0.1) is 6.20 Å². The van der Waals surface area contributed by atoms with E-state index in [1.165, 1.54) is 6.20 Å². The third-order valence-electron chi connectivity index (χ3n) is 3.19. The van der Waals surface area contributed by atoms with E-state index in [0.29, 0.717) is 23.7 Å². The number of aromatic nitrogens is 2. The number of nitrogens with one attached hydrogen (secondary N) is 2. The summed E-state index contributed by atoms with van der Waals surface area (Å²) in [4.78, 5) is 6.83. The van der Waals surface area contributed by atoms with Crippen LogP contribution in [0.4, 0.5) is 0 Å². The molecule has 0 aliphatic carbocycles. The number of benzene rings is 1. The molecule has 0 aliphatic rings. The quantitative estimate of drug-likeness (QED) is 0.856. The van der Waals surface area contributed by atoms with Crippen molar-refractivity contribution in [2.75, 3.05) is 0 Å². The number of hydrogen-bond acceptors (Lipinski definition) is 3. The summed E-state index contributed by atoms with van der Waals surface area (Å²) in [6.45, 7) is 3.82. The second-order valence-electron chi connectivity index (χ2n) is 4.68. The number of H-pyrrole nitrogens is 1. The second kappa shape index (κ2) is 6.60. The lowest BCUT2D eigenvalue weighted by molar-refractivity contribution is 0.547. The van der Waals surface area contributed by atoms with Gasteiger partial charge in [0.1, 0.15) is 5.82 Å². The summed E-state index contributed by atoms with van der Waals surface area (Å²) >= 11 is 5.96. The molecule has 5 nitrogen and oxygen atoms in total. The highest BCUT2D eigenvalue weighted by Gasteiger charge is 2.22. The second-order valence-corrected chi connectivity index (χ2v) is 6.80. The monoisotopic (exact) mass is 327 g/mol. The normalized spacial score (nSPS) is 13.3. The topological polar surface area (TPSA) is 74.8 Å². The summed E-state index contributed by atoms with van der Waals surface area (Å²) in [5.74, 6) is 0.645. The molecule has 0 saturated heterocycles. The number of aromatic amines is 1. The summed E-state index contributed by atoms with van der Waals surface area (Å²) in [5, 5.41) is 0.666. The average molecular weight is 328 g/mol. The van der Waals surface area contributed by atoms with Gasteiger partial charge in [-0.25, -0.2) is 18.1 Å². The van der Waals surface area contributed by atoms with E-state index < -0.39 is 10.0 Å². The lowest BCUT2D eigenvalue weighted by Crippen LogP contribution is -2.28. The molecule has 0 amide bonds. The lowest BCUT2D eigenvalue weighted by Gasteiger charge is -2.17. The maximum absolute atomic E-state index is 12.4. The van der Waals surface area contributed by atoms with Crippen molar-refractivity contribution in [1.29, 1.82) is 0 Å². The molecule has 114 valence electrons. The lowest BCUT2D eigenvalue weighted by atomic mass is 10.1.